The second-order valence-electron chi connectivity index (χ2n) is 15.2. The highest BCUT2D eigenvalue weighted by Crippen LogP contribution is 2.53. The first-order chi connectivity index (χ1) is 27.0. The van der Waals surface area contributed by atoms with E-state index in [0.717, 1.165) is 72.1 Å². The molecule has 1 aliphatic carbocycles. The number of thiophene rings is 1. The van der Waals surface area contributed by atoms with Gasteiger partial charge in [-0.1, -0.05) is 135 Å². The van der Waals surface area contributed by atoms with Crippen LogP contribution in [0.2, 0.25) is 0 Å². The lowest BCUT2D eigenvalue weighted by Crippen LogP contribution is -2.16. The van der Waals surface area contributed by atoms with Gasteiger partial charge in [-0.3, -0.25) is 0 Å². The minimum atomic E-state index is -0.149. The molecular formula is C51H33NO2S. The fourth-order valence-electron chi connectivity index (χ4n) is 9.33. The van der Waals surface area contributed by atoms with E-state index in [2.05, 4.69) is 170 Å². The van der Waals surface area contributed by atoms with Gasteiger partial charge in [-0.2, -0.15) is 0 Å². The fraction of sp³-hybridized carbons (Fsp3) is 0.0588. The monoisotopic (exact) mass is 723 g/mol. The molecule has 1 aliphatic rings. The lowest BCUT2D eigenvalue weighted by Gasteiger charge is -2.28. The van der Waals surface area contributed by atoms with Crippen molar-refractivity contribution >= 4 is 92.4 Å². The van der Waals surface area contributed by atoms with Crippen LogP contribution in [-0.2, 0) is 5.41 Å². The summed E-state index contributed by atoms with van der Waals surface area (Å²) >= 11 is 1.85. The molecule has 3 nitrogen and oxygen atoms in total. The maximum Gasteiger partial charge on any atom is 0.159 e. The molecule has 0 bridgehead atoms. The molecule has 0 saturated carbocycles. The van der Waals surface area contributed by atoms with E-state index < -0.39 is 0 Å². The summed E-state index contributed by atoms with van der Waals surface area (Å²) in [6.45, 7) is 4.70. The van der Waals surface area contributed by atoms with Gasteiger partial charge in [0.25, 0.3) is 0 Å². The Morgan fingerprint density at radius 2 is 1.20 bits per heavy atom. The van der Waals surface area contributed by atoms with Gasteiger partial charge in [0.2, 0.25) is 0 Å². The minimum absolute atomic E-state index is 0.149. The average Bonchev–Trinajstić information content (AvgIpc) is 3.96. The Kier molecular flexibility index (Phi) is 6.27. The van der Waals surface area contributed by atoms with Gasteiger partial charge in [0.05, 0.1) is 16.1 Å². The van der Waals surface area contributed by atoms with Crippen LogP contribution >= 0.6 is 11.3 Å². The van der Waals surface area contributed by atoms with Crippen LogP contribution < -0.4 is 4.90 Å². The van der Waals surface area contributed by atoms with Crippen molar-refractivity contribution in [3.8, 4) is 22.3 Å². The summed E-state index contributed by atoms with van der Waals surface area (Å²) in [6.07, 6.45) is 0. The third-order valence-corrected chi connectivity index (χ3v) is 13.1. The molecule has 3 heterocycles. The van der Waals surface area contributed by atoms with Crippen LogP contribution in [0.15, 0.2) is 173 Å². The fourth-order valence-corrected chi connectivity index (χ4v) is 10.5. The Hall–Kier alpha value is -6.62. The Morgan fingerprint density at radius 3 is 2.09 bits per heavy atom. The molecule has 3 aromatic heterocycles. The third kappa shape index (κ3) is 4.26. The summed E-state index contributed by atoms with van der Waals surface area (Å²) in [5.74, 6) is 0. The molecule has 260 valence electrons. The summed E-state index contributed by atoms with van der Waals surface area (Å²) in [5, 5.41) is 6.77. The van der Waals surface area contributed by atoms with E-state index in [1.807, 2.05) is 23.5 Å². The van der Waals surface area contributed by atoms with Crippen LogP contribution in [0.25, 0.3) is 86.3 Å². The summed E-state index contributed by atoms with van der Waals surface area (Å²) in [4.78, 5) is 2.43. The zero-order valence-electron chi connectivity index (χ0n) is 30.3. The molecule has 0 aliphatic heterocycles. The van der Waals surface area contributed by atoms with Crippen molar-refractivity contribution < 1.29 is 8.83 Å². The molecule has 0 N–H and O–H groups in total. The number of anilines is 3. The number of hydrogen-bond acceptors (Lipinski definition) is 4. The molecule has 12 rings (SSSR count). The summed E-state index contributed by atoms with van der Waals surface area (Å²) in [6, 6.07) is 59.0. The molecule has 55 heavy (non-hydrogen) atoms. The highest BCUT2D eigenvalue weighted by Gasteiger charge is 2.36. The molecular weight excluding hydrogens is 691 g/mol. The number of hydrogen-bond donors (Lipinski definition) is 0. The van der Waals surface area contributed by atoms with E-state index in [-0.39, 0.29) is 5.41 Å². The largest absolute Gasteiger partial charge is 0.456 e. The number of fused-ring (bicyclic) bond motifs is 12. The van der Waals surface area contributed by atoms with Gasteiger partial charge in [-0.25, -0.2) is 0 Å². The molecule has 0 radical (unpaired) electrons. The molecule has 11 aromatic rings. The summed E-state index contributed by atoms with van der Waals surface area (Å²) in [5.41, 5.74) is 14.0. The van der Waals surface area contributed by atoms with Crippen molar-refractivity contribution in [2.45, 2.75) is 19.3 Å². The molecule has 0 saturated heterocycles. The topological polar surface area (TPSA) is 29.5 Å². The van der Waals surface area contributed by atoms with E-state index >= 15 is 0 Å². The van der Waals surface area contributed by atoms with Gasteiger partial charge in [0.1, 0.15) is 16.7 Å². The van der Waals surface area contributed by atoms with Crippen LogP contribution in [0.4, 0.5) is 17.1 Å². The second kappa shape index (κ2) is 11.2. The Bertz CT molecular complexity index is 3360. The van der Waals surface area contributed by atoms with Gasteiger partial charge in [0, 0.05) is 53.7 Å². The third-order valence-electron chi connectivity index (χ3n) is 11.9. The number of rotatable bonds is 4. The molecule has 0 amide bonds. The Labute approximate surface area is 321 Å². The van der Waals surface area contributed by atoms with Gasteiger partial charge in [-0.05, 0) is 70.3 Å². The smallest absolute Gasteiger partial charge is 0.159 e. The van der Waals surface area contributed by atoms with Gasteiger partial charge in [0.15, 0.2) is 5.58 Å². The quantitative estimate of drug-likeness (QED) is 0.181. The highest BCUT2D eigenvalue weighted by atomic mass is 32.1. The van der Waals surface area contributed by atoms with Crippen LogP contribution in [0.1, 0.15) is 25.0 Å². The SMILES string of the molecule is CC1(C)c2ccccc2-c2ccc(N(c3cccc4c3oc3c(-c5ccccc5)c5c(cc34)oc3ccccc35)c3cccc4c3sc3ccccc34)cc21. The summed E-state index contributed by atoms with van der Waals surface area (Å²) < 4.78 is 16.4. The van der Waals surface area contributed by atoms with Crippen molar-refractivity contribution in [2.75, 3.05) is 4.90 Å². The first-order valence-corrected chi connectivity index (χ1v) is 19.7. The first kappa shape index (κ1) is 30.8. The second-order valence-corrected chi connectivity index (χ2v) is 16.3. The van der Waals surface area contributed by atoms with Crippen molar-refractivity contribution in [1.82, 2.24) is 0 Å². The number of nitrogens with zero attached hydrogens (tertiary/aromatic N) is 1. The van der Waals surface area contributed by atoms with Crippen LogP contribution in [0, 0.1) is 0 Å². The predicted octanol–water partition coefficient (Wildman–Crippen LogP) is 15.3. The zero-order chi connectivity index (χ0) is 36.4. The lowest BCUT2D eigenvalue weighted by molar-refractivity contribution is 0.660. The molecule has 0 spiro atoms. The maximum atomic E-state index is 7.29. The number of para-hydroxylation sites is 2. The van der Waals surface area contributed by atoms with E-state index in [9.17, 15) is 0 Å². The Balaban J connectivity index is 1.18. The molecule has 0 fully saturated rings. The molecule has 4 heteroatoms. The predicted molar refractivity (Wildman–Crippen MR) is 232 cm³/mol. The summed E-state index contributed by atoms with van der Waals surface area (Å²) in [7, 11) is 0. The van der Waals surface area contributed by atoms with E-state index in [1.165, 1.54) is 42.4 Å². The van der Waals surface area contributed by atoms with Crippen molar-refractivity contribution in [1.29, 1.82) is 0 Å². The lowest BCUT2D eigenvalue weighted by atomic mass is 9.82. The van der Waals surface area contributed by atoms with Crippen molar-refractivity contribution in [3.05, 3.63) is 175 Å². The van der Waals surface area contributed by atoms with Crippen LogP contribution in [-0.4, -0.2) is 0 Å². The highest BCUT2D eigenvalue weighted by molar-refractivity contribution is 7.26. The van der Waals surface area contributed by atoms with Crippen LogP contribution in [0.5, 0.6) is 0 Å². The molecule has 8 aromatic carbocycles. The Morgan fingerprint density at radius 1 is 0.491 bits per heavy atom. The molecule has 0 atom stereocenters. The number of benzene rings is 8. The van der Waals surface area contributed by atoms with Crippen molar-refractivity contribution in [2.24, 2.45) is 0 Å². The number of furan rings is 2. The first-order valence-electron chi connectivity index (χ1n) is 18.8. The average molecular weight is 724 g/mol. The minimum Gasteiger partial charge on any atom is -0.456 e. The van der Waals surface area contributed by atoms with E-state index in [1.54, 1.807) is 0 Å². The maximum absolute atomic E-state index is 7.29. The van der Waals surface area contributed by atoms with Crippen LogP contribution in [0.3, 0.4) is 0 Å². The normalized spacial score (nSPS) is 13.4. The van der Waals surface area contributed by atoms with E-state index in [4.69, 9.17) is 8.83 Å². The zero-order valence-corrected chi connectivity index (χ0v) is 31.1. The molecule has 0 unspecified atom stereocenters. The van der Waals surface area contributed by atoms with Gasteiger partial charge >= 0.3 is 0 Å². The van der Waals surface area contributed by atoms with Gasteiger partial charge in [-0.15, -0.1) is 11.3 Å². The van der Waals surface area contributed by atoms with E-state index in [0.29, 0.717) is 0 Å². The standard InChI is InChI=1S/C51H33NO2S/c1-51(2)39-21-9-6-16-32(39)33-27-26-31(28-40(33)51)52(42-23-13-20-36-34-17-8-11-25-45(34)55-50(36)42)41-22-12-19-35-38-29-44-47(37-18-7-10-24-43(37)53-44)46(49(38)54-48(35)41)30-14-4-3-5-15-30/h3-29H,1-2H3. The van der Waals surface area contributed by atoms with Gasteiger partial charge < -0.3 is 13.7 Å². The van der Waals surface area contributed by atoms with Crippen molar-refractivity contribution in [3.63, 3.8) is 0 Å².